The molecule has 0 saturated carbocycles. The first-order chi connectivity index (χ1) is 8.70. The molecule has 0 bridgehead atoms. The smallest absolute Gasteiger partial charge is 0.164 e. The van der Waals surface area contributed by atoms with Gasteiger partial charge in [0.2, 0.25) is 0 Å². The van der Waals surface area contributed by atoms with Gasteiger partial charge >= 0.3 is 0 Å². The Hall–Kier alpha value is -0.720. The van der Waals surface area contributed by atoms with Crippen molar-refractivity contribution < 1.29 is 9.15 Å². The van der Waals surface area contributed by atoms with E-state index in [1.165, 1.54) is 0 Å². The van der Waals surface area contributed by atoms with Gasteiger partial charge in [0, 0.05) is 17.1 Å². The first-order valence-corrected chi connectivity index (χ1v) is 6.92. The van der Waals surface area contributed by atoms with Crippen LogP contribution in [0.4, 0.5) is 0 Å². The molecular weight excluding hydrogens is 365 g/mol. The molecule has 2 aromatic rings. The zero-order chi connectivity index (χ0) is 13.0. The summed E-state index contributed by atoms with van der Waals surface area (Å²) in [5.41, 5.74) is 0.961. The zero-order valence-electron chi connectivity index (χ0n) is 9.87. The number of hydrogen-bond acceptors (Lipinski definition) is 3. The molecule has 0 atom stereocenters. The van der Waals surface area contributed by atoms with E-state index in [9.17, 15) is 0 Å². The van der Waals surface area contributed by atoms with Gasteiger partial charge in [-0.05, 0) is 46.9 Å². The Morgan fingerprint density at radius 1 is 1.28 bits per heavy atom. The molecule has 0 radical (unpaired) electrons. The molecule has 0 spiro atoms. The fourth-order valence-electron chi connectivity index (χ4n) is 1.66. The van der Waals surface area contributed by atoms with Crippen LogP contribution in [0.15, 0.2) is 34.7 Å². The molecule has 1 N–H and O–H groups in total. The van der Waals surface area contributed by atoms with E-state index in [4.69, 9.17) is 20.8 Å². The first kappa shape index (κ1) is 13.7. The standard InChI is InChI=1S/C13H13ClINO2/c1-17-12-4-2-3-11(14)10(12)8-16-7-9-5-6-13(15)18-9/h2-6,16H,7-8H2,1H3. The van der Waals surface area contributed by atoms with E-state index in [2.05, 4.69) is 27.9 Å². The van der Waals surface area contributed by atoms with Crippen molar-refractivity contribution in [1.82, 2.24) is 5.32 Å². The minimum atomic E-state index is 0.639. The molecule has 0 aliphatic heterocycles. The summed E-state index contributed by atoms with van der Waals surface area (Å²) < 4.78 is 11.6. The highest BCUT2D eigenvalue weighted by Crippen LogP contribution is 2.25. The lowest BCUT2D eigenvalue weighted by molar-refractivity contribution is 0.406. The van der Waals surface area contributed by atoms with Crippen LogP contribution in [-0.4, -0.2) is 7.11 Å². The van der Waals surface area contributed by atoms with Crippen molar-refractivity contribution in [3.8, 4) is 5.75 Å². The molecule has 2 rings (SSSR count). The minimum Gasteiger partial charge on any atom is -0.496 e. The lowest BCUT2D eigenvalue weighted by Crippen LogP contribution is -2.13. The van der Waals surface area contributed by atoms with Gasteiger partial charge in [0.05, 0.1) is 13.7 Å². The Kier molecular flexibility index (Phi) is 4.91. The molecule has 18 heavy (non-hydrogen) atoms. The third-order valence-electron chi connectivity index (χ3n) is 2.53. The molecule has 5 heteroatoms. The molecule has 0 unspecified atom stereocenters. The SMILES string of the molecule is COc1cccc(Cl)c1CNCc1ccc(I)o1. The highest BCUT2D eigenvalue weighted by molar-refractivity contribution is 14.1. The van der Waals surface area contributed by atoms with Crippen molar-refractivity contribution in [2.45, 2.75) is 13.1 Å². The first-order valence-electron chi connectivity index (χ1n) is 5.47. The molecule has 3 nitrogen and oxygen atoms in total. The monoisotopic (exact) mass is 377 g/mol. The van der Waals surface area contributed by atoms with Crippen LogP contribution >= 0.6 is 34.2 Å². The number of methoxy groups -OCH3 is 1. The van der Waals surface area contributed by atoms with E-state index in [0.717, 1.165) is 20.8 Å². The van der Waals surface area contributed by atoms with Gasteiger partial charge in [0.1, 0.15) is 11.5 Å². The Morgan fingerprint density at radius 3 is 2.78 bits per heavy atom. The summed E-state index contributed by atoms with van der Waals surface area (Å²) >= 11 is 8.29. The Morgan fingerprint density at radius 2 is 2.11 bits per heavy atom. The van der Waals surface area contributed by atoms with Crippen LogP contribution in [0.1, 0.15) is 11.3 Å². The second-order valence-electron chi connectivity index (χ2n) is 3.73. The molecule has 0 saturated heterocycles. The van der Waals surface area contributed by atoms with Crippen molar-refractivity contribution >= 4 is 34.2 Å². The number of furan rings is 1. The van der Waals surface area contributed by atoms with Gasteiger partial charge in [-0.1, -0.05) is 17.7 Å². The van der Waals surface area contributed by atoms with E-state index >= 15 is 0 Å². The van der Waals surface area contributed by atoms with Gasteiger partial charge in [-0.15, -0.1) is 0 Å². The van der Waals surface area contributed by atoms with Crippen LogP contribution in [0.25, 0.3) is 0 Å². The van der Waals surface area contributed by atoms with Crippen molar-refractivity contribution in [2.24, 2.45) is 0 Å². The van der Waals surface area contributed by atoms with Crippen molar-refractivity contribution in [3.63, 3.8) is 0 Å². The summed E-state index contributed by atoms with van der Waals surface area (Å²) in [5, 5.41) is 3.99. The third kappa shape index (κ3) is 3.40. The number of halogens is 2. The Labute approximate surface area is 125 Å². The molecule has 0 aliphatic carbocycles. The van der Waals surface area contributed by atoms with Gasteiger partial charge in [0.15, 0.2) is 3.77 Å². The molecule has 1 heterocycles. The van der Waals surface area contributed by atoms with Crippen molar-refractivity contribution in [2.75, 3.05) is 7.11 Å². The Balaban J connectivity index is 1.98. The minimum absolute atomic E-state index is 0.639. The molecule has 1 aromatic heterocycles. The zero-order valence-corrected chi connectivity index (χ0v) is 12.8. The molecule has 0 amide bonds. The van der Waals surface area contributed by atoms with Crippen LogP contribution in [-0.2, 0) is 13.1 Å². The maximum atomic E-state index is 6.15. The maximum Gasteiger partial charge on any atom is 0.164 e. The summed E-state index contributed by atoms with van der Waals surface area (Å²) in [7, 11) is 1.64. The quantitative estimate of drug-likeness (QED) is 0.804. The molecular formula is C13H13ClINO2. The average molecular weight is 378 g/mol. The summed E-state index contributed by atoms with van der Waals surface area (Å²) in [4.78, 5) is 0. The Bertz CT molecular complexity index is 527. The van der Waals surface area contributed by atoms with Crippen LogP contribution in [0.3, 0.4) is 0 Å². The van der Waals surface area contributed by atoms with E-state index in [1.807, 2.05) is 30.3 Å². The number of nitrogens with one attached hydrogen (secondary N) is 1. The fraction of sp³-hybridized carbons (Fsp3) is 0.231. The van der Waals surface area contributed by atoms with Crippen LogP contribution in [0.2, 0.25) is 5.02 Å². The second kappa shape index (κ2) is 6.45. The van der Waals surface area contributed by atoms with Crippen molar-refractivity contribution in [1.29, 1.82) is 0 Å². The summed E-state index contributed by atoms with van der Waals surface area (Å²) in [6.07, 6.45) is 0. The van der Waals surface area contributed by atoms with Gasteiger partial charge in [-0.3, -0.25) is 0 Å². The lowest BCUT2D eigenvalue weighted by atomic mass is 10.2. The van der Waals surface area contributed by atoms with Crippen LogP contribution in [0.5, 0.6) is 5.75 Å². The van der Waals surface area contributed by atoms with E-state index < -0.39 is 0 Å². The number of hydrogen-bond donors (Lipinski definition) is 1. The number of ether oxygens (including phenoxy) is 1. The topological polar surface area (TPSA) is 34.4 Å². The summed E-state index contributed by atoms with van der Waals surface area (Å²) in [5.74, 6) is 1.70. The van der Waals surface area contributed by atoms with E-state index in [-0.39, 0.29) is 0 Å². The summed E-state index contributed by atoms with van der Waals surface area (Å²) in [6.45, 7) is 1.30. The lowest BCUT2D eigenvalue weighted by Gasteiger charge is -2.10. The highest BCUT2D eigenvalue weighted by Gasteiger charge is 2.07. The predicted molar refractivity (Wildman–Crippen MR) is 80.0 cm³/mol. The normalized spacial score (nSPS) is 10.6. The largest absolute Gasteiger partial charge is 0.496 e. The van der Waals surface area contributed by atoms with Crippen molar-refractivity contribution in [3.05, 3.63) is 50.4 Å². The predicted octanol–water partition coefficient (Wildman–Crippen LogP) is 3.84. The molecule has 0 aliphatic rings. The maximum absolute atomic E-state index is 6.15. The van der Waals surface area contributed by atoms with Crippen LogP contribution in [0, 0.1) is 3.77 Å². The highest BCUT2D eigenvalue weighted by atomic mass is 127. The molecule has 0 fully saturated rings. The van der Waals surface area contributed by atoms with E-state index in [0.29, 0.717) is 18.1 Å². The van der Waals surface area contributed by atoms with Gasteiger partial charge in [-0.2, -0.15) is 0 Å². The second-order valence-corrected chi connectivity index (χ2v) is 5.20. The molecule has 1 aromatic carbocycles. The van der Waals surface area contributed by atoms with Gasteiger partial charge in [0.25, 0.3) is 0 Å². The summed E-state index contributed by atoms with van der Waals surface area (Å²) in [6, 6.07) is 9.53. The van der Waals surface area contributed by atoms with Gasteiger partial charge in [-0.25, -0.2) is 0 Å². The average Bonchev–Trinajstić information content (AvgIpc) is 2.77. The number of benzene rings is 1. The molecule has 96 valence electrons. The van der Waals surface area contributed by atoms with Gasteiger partial charge < -0.3 is 14.5 Å². The fourth-order valence-corrected chi connectivity index (χ4v) is 2.35. The third-order valence-corrected chi connectivity index (χ3v) is 3.46. The number of rotatable bonds is 5. The van der Waals surface area contributed by atoms with Crippen LogP contribution < -0.4 is 10.1 Å². The van der Waals surface area contributed by atoms with E-state index in [1.54, 1.807) is 7.11 Å².